The Morgan fingerprint density at radius 1 is 1.24 bits per heavy atom. The molecule has 0 radical (unpaired) electrons. The monoisotopic (exact) mass is 382 g/mol. The average molecular weight is 382 g/mol. The van der Waals surface area contributed by atoms with Gasteiger partial charge < -0.3 is 10.4 Å². The van der Waals surface area contributed by atoms with Crippen molar-refractivity contribution in [2.45, 2.75) is 23.8 Å². The summed E-state index contributed by atoms with van der Waals surface area (Å²) in [5, 5.41) is 13.6. The summed E-state index contributed by atoms with van der Waals surface area (Å²) in [7, 11) is -2.39. The van der Waals surface area contributed by atoms with Gasteiger partial charge in [-0.3, -0.25) is 4.79 Å². The summed E-state index contributed by atoms with van der Waals surface area (Å²) in [5.74, 6) is -1.83. The third kappa shape index (κ3) is 3.73. The zero-order chi connectivity index (χ0) is 18.7. The molecule has 1 aromatic heterocycles. The van der Waals surface area contributed by atoms with Crippen LogP contribution in [0.2, 0.25) is 0 Å². The van der Waals surface area contributed by atoms with Crippen LogP contribution in [0.1, 0.15) is 28.6 Å². The number of hydrogen-bond acceptors (Lipinski definition) is 5. The lowest BCUT2D eigenvalue weighted by Gasteiger charge is -2.29. The number of nitrogens with one attached hydrogen (secondary N) is 2. The van der Waals surface area contributed by atoms with Crippen molar-refractivity contribution in [2.75, 3.05) is 7.05 Å². The minimum Gasteiger partial charge on any atom is -0.479 e. The number of carboxylic acids is 1. The van der Waals surface area contributed by atoms with Crippen molar-refractivity contribution in [1.82, 2.24) is 10.0 Å². The SMILES string of the molecule is CCC(NC(=O)c1cc(S(=O)(=O)NC)cs1)(C(=O)O)c1ccccc1. The molecule has 0 saturated heterocycles. The molecule has 1 heterocycles. The number of benzene rings is 1. The lowest BCUT2D eigenvalue weighted by Crippen LogP contribution is -2.51. The Hall–Kier alpha value is -2.23. The van der Waals surface area contributed by atoms with Crippen molar-refractivity contribution in [3.05, 3.63) is 52.2 Å². The number of hydrogen-bond donors (Lipinski definition) is 3. The smallest absolute Gasteiger partial charge is 0.334 e. The molecule has 1 amide bonds. The number of amides is 1. The lowest BCUT2D eigenvalue weighted by molar-refractivity contribution is -0.145. The van der Waals surface area contributed by atoms with Crippen LogP contribution in [0.5, 0.6) is 0 Å². The fourth-order valence-electron chi connectivity index (χ4n) is 2.37. The molecule has 1 atom stereocenters. The Kier molecular flexibility index (Phi) is 5.61. The van der Waals surface area contributed by atoms with E-state index in [1.54, 1.807) is 37.3 Å². The average Bonchev–Trinajstić information content (AvgIpc) is 3.11. The van der Waals surface area contributed by atoms with Crippen LogP contribution in [0.25, 0.3) is 0 Å². The van der Waals surface area contributed by atoms with E-state index in [1.165, 1.54) is 18.5 Å². The zero-order valence-corrected chi connectivity index (χ0v) is 15.3. The van der Waals surface area contributed by atoms with Crippen LogP contribution in [0, 0.1) is 0 Å². The van der Waals surface area contributed by atoms with Crippen molar-refractivity contribution in [1.29, 1.82) is 0 Å². The van der Waals surface area contributed by atoms with Gasteiger partial charge in [-0.25, -0.2) is 17.9 Å². The number of rotatable bonds is 7. The molecule has 7 nitrogen and oxygen atoms in total. The maximum atomic E-state index is 12.5. The minimum atomic E-state index is -3.66. The summed E-state index contributed by atoms with van der Waals surface area (Å²) in [5.41, 5.74) is -1.15. The molecule has 0 aliphatic heterocycles. The van der Waals surface area contributed by atoms with Crippen molar-refractivity contribution in [3.63, 3.8) is 0 Å². The highest BCUT2D eigenvalue weighted by Gasteiger charge is 2.40. The molecule has 2 rings (SSSR count). The predicted molar refractivity (Wildman–Crippen MR) is 94.1 cm³/mol. The molecule has 0 spiro atoms. The van der Waals surface area contributed by atoms with Crippen LogP contribution < -0.4 is 10.0 Å². The fourth-order valence-corrected chi connectivity index (χ4v) is 4.27. The molecular weight excluding hydrogens is 364 g/mol. The van der Waals surface area contributed by atoms with Crippen LogP contribution in [0.15, 0.2) is 46.7 Å². The molecular formula is C16H18N2O5S2. The number of thiophene rings is 1. The van der Waals surface area contributed by atoms with Gasteiger partial charge in [0.25, 0.3) is 5.91 Å². The lowest BCUT2D eigenvalue weighted by atomic mass is 9.87. The quantitative estimate of drug-likeness (QED) is 0.676. The molecule has 1 aromatic carbocycles. The molecule has 25 heavy (non-hydrogen) atoms. The van der Waals surface area contributed by atoms with Gasteiger partial charge >= 0.3 is 5.97 Å². The molecule has 0 aliphatic carbocycles. The van der Waals surface area contributed by atoms with Crippen LogP contribution in [-0.4, -0.2) is 32.4 Å². The van der Waals surface area contributed by atoms with E-state index in [0.29, 0.717) is 5.56 Å². The van der Waals surface area contributed by atoms with Gasteiger partial charge in [-0.15, -0.1) is 11.3 Å². The Morgan fingerprint density at radius 2 is 1.88 bits per heavy atom. The topological polar surface area (TPSA) is 113 Å². The number of carbonyl (C=O) groups is 2. The van der Waals surface area contributed by atoms with Gasteiger partial charge in [0.1, 0.15) is 0 Å². The second-order valence-electron chi connectivity index (χ2n) is 5.24. The number of carboxylic acid groups (broad SMARTS) is 1. The van der Waals surface area contributed by atoms with Gasteiger partial charge in [-0.2, -0.15) is 0 Å². The first-order chi connectivity index (χ1) is 11.8. The van der Waals surface area contributed by atoms with Gasteiger partial charge in [0, 0.05) is 5.38 Å². The highest BCUT2D eigenvalue weighted by Crippen LogP contribution is 2.27. The van der Waals surface area contributed by atoms with Crippen molar-refractivity contribution in [3.8, 4) is 0 Å². The van der Waals surface area contributed by atoms with Gasteiger partial charge in [-0.05, 0) is 25.1 Å². The van der Waals surface area contributed by atoms with E-state index in [1.807, 2.05) is 0 Å². The van der Waals surface area contributed by atoms with E-state index in [9.17, 15) is 23.1 Å². The van der Waals surface area contributed by atoms with Gasteiger partial charge in [0.05, 0.1) is 9.77 Å². The standard InChI is InChI=1S/C16H18N2O5S2/c1-3-16(15(20)21,11-7-5-4-6-8-11)18-14(19)13-9-12(10-24-13)25(22,23)17-2/h4-10,17H,3H2,1-2H3,(H,18,19)(H,20,21). The van der Waals surface area contributed by atoms with E-state index in [2.05, 4.69) is 10.0 Å². The van der Waals surface area contributed by atoms with Crippen LogP contribution in [0.4, 0.5) is 0 Å². The Morgan fingerprint density at radius 3 is 2.40 bits per heavy atom. The Bertz CT molecular complexity index is 877. The van der Waals surface area contributed by atoms with Crippen molar-refractivity contribution < 1.29 is 23.1 Å². The summed E-state index contributed by atoms with van der Waals surface area (Å²) >= 11 is 0.934. The van der Waals surface area contributed by atoms with E-state index in [4.69, 9.17) is 0 Å². The predicted octanol–water partition coefficient (Wildman–Crippen LogP) is 1.78. The van der Waals surface area contributed by atoms with Crippen molar-refractivity contribution in [2.24, 2.45) is 0 Å². The molecule has 0 saturated carbocycles. The maximum absolute atomic E-state index is 12.5. The highest BCUT2D eigenvalue weighted by molar-refractivity contribution is 7.89. The van der Waals surface area contributed by atoms with E-state index in [0.717, 1.165) is 11.3 Å². The molecule has 3 N–H and O–H groups in total. The largest absolute Gasteiger partial charge is 0.479 e. The molecule has 2 aromatic rings. The third-order valence-corrected chi connectivity index (χ3v) is 6.34. The van der Waals surface area contributed by atoms with Crippen LogP contribution >= 0.6 is 11.3 Å². The van der Waals surface area contributed by atoms with Crippen LogP contribution in [0.3, 0.4) is 0 Å². The van der Waals surface area contributed by atoms with E-state index >= 15 is 0 Å². The van der Waals surface area contributed by atoms with Crippen molar-refractivity contribution >= 4 is 33.2 Å². The second-order valence-corrected chi connectivity index (χ2v) is 8.04. The summed E-state index contributed by atoms with van der Waals surface area (Å²) in [6.07, 6.45) is 0.130. The second kappa shape index (κ2) is 7.34. The first kappa shape index (κ1) is 19.1. The minimum absolute atomic E-state index is 0.0396. The Labute approximate surface area is 149 Å². The zero-order valence-electron chi connectivity index (χ0n) is 13.6. The third-order valence-electron chi connectivity index (χ3n) is 3.87. The first-order valence-corrected chi connectivity index (χ1v) is 9.76. The maximum Gasteiger partial charge on any atom is 0.334 e. The Balaban J connectivity index is 2.38. The number of carbonyl (C=O) groups excluding carboxylic acids is 1. The summed E-state index contributed by atoms with van der Waals surface area (Å²) in [4.78, 5) is 24.5. The molecule has 1 unspecified atom stereocenters. The van der Waals surface area contributed by atoms with E-state index < -0.39 is 27.4 Å². The molecule has 0 aliphatic rings. The summed E-state index contributed by atoms with van der Waals surface area (Å²) < 4.78 is 25.7. The molecule has 0 fully saturated rings. The number of sulfonamides is 1. The summed E-state index contributed by atoms with van der Waals surface area (Å²) in [6.45, 7) is 1.66. The number of aliphatic carboxylic acids is 1. The van der Waals surface area contributed by atoms with E-state index in [-0.39, 0.29) is 16.2 Å². The van der Waals surface area contributed by atoms with Gasteiger partial charge in [0.2, 0.25) is 10.0 Å². The molecule has 134 valence electrons. The molecule has 0 bridgehead atoms. The highest BCUT2D eigenvalue weighted by atomic mass is 32.2. The van der Waals surface area contributed by atoms with Crippen LogP contribution in [-0.2, 0) is 20.4 Å². The van der Waals surface area contributed by atoms with Gasteiger partial charge in [-0.1, -0.05) is 37.3 Å². The molecule has 9 heteroatoms. The van der Waals surface area contributed by atoms with Gasteiger partial charge in [0.15, 0.2) is 5.54 Å². The normalized spacial score (nSPS) is 13.8. The fraction of sp³-hybridized carbons (Fsp3) is 0.250. The summed E-state index contributed by atoms with van der Waals surface area (Å²) in [6, 6.07) is 9.61. The first-order valence-electron chi connectivity index (χ1n) is 7.40.